The van der Waals surface area contributed by atoms with Gasteiger partial charge in [-0.25, -0.2) is 4.79 Å². The molecular weight excluding hydrogens is 568 g/mol. The summed E-state index contributed by atoms with van der Waals surface area (Å²) in [5.74, 6) is 0.165. The topological polar surface area (TPSA) is 146 Å². The molecule has 2 aliphatic rings. The van der Waals surface area contributed by atoms with Crippen LogP contribution in [0.5, 0.6) is 5.75 Å². The van der Waals surface area contributed by atoms with E-state index in [2.05, 4.69) is 23.6 Å². The van der Waals surface area contributed by atoms with Crippen molar-refractivity contribution in [2.75, 3.05) is 51.8 Å². The van der Waals surface area contributed by atoms with Crippen molar-refractivity contribution in [3.05, 3.63) is 72.3 Å². The van der Waals surface area contributed by atoms with Crippen LogP contribution in [-0.2, 0) is 23.9 Å². The number of benzene rings is 2. The quantitative estimate of drug-likeness (QED) is 0.250. The summed E-state index contributed by atoms with van der Waals surface area (Å²) in [6, 6.07) is 16.2. The summed E-state index contributed by atoms with van der Waals surface area (Å²) in [5.41, 5.74) is 2.77. The molecule has 238 valence electrons. The number of hydrogen-bond donors (Lipinski definition) is 2. The minimum absolute atomic E-state index is 0.149. The minimum atomic E-state index is -1.13. The second-order valence-corrected chi connectivity index (χ2v) is 10.2. The number of para-hydroxylation sites is 1. The molecule has 12 heteroatoms. The highest BCUT2D eigenvalue weighted by Crippen LogP contribution is 2.17. The summed E-state index contributed by atoms with van der Waals surface area (Å²) in [7, 11) is 2.97. The van der Waals surface area contributed by atoms with Crippen LogP contribution < -0.4 is 15.0 Å². The van der Waals surface area contributed by atoms with Gasteiger partial charge in [0.25, 0.3) is 0 Å². The van der Waals surface area contributed by atoms with Gasteiger partial charge in [0.2, 0.25) is 18.2 Å². The lowest BCUT2D eigenvalue weighted by atomic mass is 10.2. The van der Waals surface area contributed by atoms with Crippen LogP contribution in [0.3, 0.4) is 0 Å². The summed E-state index contributed by atoms with van der Waals surface area (Å²) < 4.78 is 9.41. The minimum Gasteiger partial charge on any atom is -0.497 e. The maximum Gasteiger partial charge on any atom is 0.412 e. The third-order valence-corrected chi connectivity index (χ3v) is 6.94. The molecule has 2 N–H and O–H groups in total. The zero-order chi connectivity index (χ0) is 32.5. The first kappa shape index (κ1) is 35.3. The number of aryl methyl sites for hydroxylation is 1. The highest BCUT2D eigenvalue weighted by Gasteiger charge is 2.29. The van der Waals surface area contributed by atoms with E-state index in [4.69, 9.17) is 4.74 Å². The highest BCUT2D eigenvalue weighted by atomic mass is 16.5. The molecule has 0 saturated carbocycles. The largest absolute Gasteiger partial charge is 0.497 e. The van der Waals surface area contributed by atoms with E-state index in [1.807, 2.05) is 24.3 Å². The van der Waals surface area contributed by atoms with E-state index in [-0.39, 0.29) is 43.3 Å². The van der Waals surface area contributed by atoms with Gasteiger partial charge in [0.1, 0.15) is 18.3 Å². The molecule has 0 radical (unpaired) electrons. The molecule has 2 saturated heterocycles. The number of ether oxygens (including phenoxy) is 2. The van der Waals surface area contributed by atoms with E-state index in [0.29, 0.717) is 38.2 Å². The van der Waals surface area contributed by atoms with Crippen molar-refractivity contribution in [1.29, 1.82) is 0 Å². The molecule has 4 amide bonds. The Labute approximate surface area is 258 Å². The molecule has 2 fully saturated rings. The van der Waals surface area contributed by atoms with Crippen molar-refractivity contribution < 1.29 is 38.6 Å². The number of carboxylic acid groups (broad SMARTS) is 1. The van der Waals surface area contributed by atoms with Crippen LogP contribution in [0.25, 0.3) is 0 Å². The summed E-state index contributed by atoms with van der Waals surface area (Å²) in [5, 5.41) is 11.8. The number of esters is 1. The molecule has 2 aromatic carbocycles. The van der Waals surface area contributed by atoms with Crippen molar-refractivity contribution in [3.8, 4) is 5.75 Å². The van der Waals surface area contributed by atoms with Gasteiger partial charge in [0.05, 0.1) is 20.6 Å². The molecular formula is C32H42N4O8. The maximum absolute atomic E-state index is 12.1. The molecule has 2 aliphatic heterocycles. The maximum atomic E-state index is 12.1. The number of likely N-dealkylation sites (tertiary alicyclic amines) is 2. The van der Waals surface area contributed by atoms with E-state index >= 15 is 0 Å². The van der Waals surface area contributed by atoms with Gasteiger partial charge in [-0.15, -0.1) is 0 Å². The smallest absolute Gasteiger partial charge is 0.412 e. The van der Waals surface area contributed by atoms with E-state index in [1.54, 1.807) is 42.3 Å². The number of methoxy groups -OCH3 is 2. The SMILES string of the molecule is C=C1CCN(C(=O)CN(C(=O)O)c2ccccc2)C1.COC(=O)CCNC(=O)C1CCCN1C=O.COc1ccc(C)cc1. The third-order valence-electron chi connectivity index (χ3n) is 6.94. The van der Waals surface area contributed by atoms with E-state index in [9.17, 15) is 29.1 Å². The molecule has 0 aliphatic carbocycles. The van der Waals surface area contributed by atoms with E-state index in [0.717, 1.165) is 29.1 Å². The summed E-state index contributed by atoms with van der Waals surface area (Å²) in [6.07, 6.45) is 2.03. The number of carbonyl (C=O) groups is 5. The van der Waals surface area contributed by atoms with Crippen LogP contribution >= 0.6 is 0 Å². The zero-order valence-electron chi connectivity index (χ0n) is 25.6. The highest BCUT2D eigenvalue weighted by molar-refractivity contribution is 5.94. The number of nitrogens with zero attached hydrogens (tertiary/aromatic N) is 3. The van der Waals surface area contributed by atoms with Gasteiger partial charge in [0, 0.05) is 31.9 Å². The molecule has 1 unspecified atom stereocenters. The predicted molar refractivity (Wildman–Crippen MR) is 165 cm³/mol. The number of carbonyl (C=O) groups excluding carboxylic acids is 4. The fraction of sp³-hybridized carbons (Fsp3) is 0.406. The number of hydrogen-bond acceptors (Lipinski definition) is 7. The first-order valence-electron chi connectivity index (χ1n) is 14.3. The number of amides is 4. The van der Waals surface area contributed by atoms with Crippen LogP contribution in [0.15, 0.2) is 66.7 Å². The van der Waals surface area contributed by atoms with E-state index in [1.165, 1.54) is 17.6 Å². The lowest BCUT2D eigenvalue weighted by molar-refractivity contribution is -0.140. The van der Waals surface area contributed by atoms with Gasteiger partial charge in [0.15, 0.2) is 0 Å². The van der Waals surface area contributed by atoms with Gasteiger partial charge in [-0.3, -0.25) is 24.1 Å². The average molecular weight is 611 g/mol. The van der Waals surface area contributed by atoms with Gasteiger partial charge < -0.3 is 29.7 Å². The Morgan fingerprint density at radius 3 is 2.30 bits per heavy atom. The van der Waals surface area contributed by atoms with Gasteiger partial charge >= 0.3 is 12.1 Å². The van der Waals surface area contributed by atoms with Crippen LogP contribution in [0, 0.1) is 6.92 Å². The number of rotatable bonds is 9. The van der Waals surface area contributed by atoms with Crippen LogP contribution in [0.2, 0.25) is 0 Å². The first-order chi connectivity index (χ1) is 21.1. The van der Waals surface area contributed by atoms with Crippen LogP contribution in [0.1, 0.15) is 31.2 Å². The third kappa shape index (κ3) is 11.8. The Morgan fingerprint density at radius 1 is 1.07 bits per heavy atom. The van der Waals surface area contributed by atoms with Crippen molar-refractivity contribution in [2.45, 2.75) is 38.6 Å². The van der Waals surface area contributed by atoms with Crippen molar-refractivity contribution in [2.24, 2.45) is 0 Å². The van der Waals surface area contributed by atoms with E-state index < -0.39 is 6.09 Å². The van der Waals surface area contributed by atoms with Crippen molar-refractivity contribution in [3.63, 3.8) is 0 Å². The van der Waals surface area contributed by atoms with Crippen LogP contribution in [-0.4, -0.2) is 98.2 Å². The van der Waals surface area contributed by atoms with Gasteiger partial charge in [-0.1, -0.05) is 48.0 Å². The normalized spacial score (nSPS) is 15.2. The number of anilines is 1. The molecule has 0 aromatic heterocycles. The zero-order valence-corrected chi connectivity index (χ0v) is 25.6. The molecule has 1 atom stereocenters. The first-order valence-corrected chi connectivity index (χ1v) is 14.3. The molecule has 2 aromatic rings. The second kappa shape index (κ2) is 18.6. The summed E-state index contributed by atoms with van der Waals surface area (Å²) in [4.78, 5) is 60.5. The van der Waals surface area contributed by atoms with Crippen LogP contribution in [0.4, 0.5) is 10.5 Å². The Bertz CT molecular complexity index is 1250. The lowest BCUT2D eigenvalue weighted by Gasteiger charge is -2.22. The molecule has 0 bridgehead atoms. The van der Waals surface area contributed by atoms with Gasteiger partial charge in [-0.05, 0) is 50.5 Å². The Kier molecular flexibility index (Phi) is 15.0. The van der Waals surface area contributed by atoms with Crippen molar-refractivity contribution in [1.82, 2.24) is 15.1 Å². The van der Waals surface area contributed by atoms with Gasteiger partial charge in [-0.2, -0.15) is 0 Å². The standard InChI is InChI=1S/C14H16N2O3.C10H16N2O4.C8H10O/c1-11-7-8-15(9-11)13(17)10-16(14(18)19)12-5-3-2-4-6-12;1-16-9(14)4-5-11-10(15)8-3-2-6-12(8)7-13;1-7-3-5-8(9-2)6-4-7/h2-6H,1,7-10H2,(H,18,19);7-8H,2-6H2,1H3,(H,11,15);3-6H,1-2H3. The Balaban J connectivity index is 0.000000244. The molecule has 2 heterocycles. The fourth-order valence-corrected chi connectivity index (χ4v) is 4.43. The molecule has 44 heavy (non-hydrogen) atoms. The average Bonchev–Trinajstić information content (AvgIpc) is 3.70. The monoisotopic (exact) mass is 610 g/mol. The Morgan fingerprint density at radius 2 is 1.75 bits per heavy atom. The fourth-order valence-electron chi connectivity index (χ4n) is 4.43. The molecule has 12 nitrogen and oxygen atoms in total. The summed E-state index contributed by atoms with van der Waals surface area (Å²) >= 11 is 0. The summed E-state index contributed by atoms with van der Waals surface area (Å²) in [6.45, 7) is 7.75. The lowest BCUT2D eigenvalue weighted by Crippen LogP contribution is -2.43. The molecule has 0 spiro atoms. The predicted octanol–water partition coefficient (Wildman–Crippen LogP) is 3.25. The van der Waals surface area contributed by atoms with Crippen molar-refractivity contribution >= 4 is 36.0 Å². The second-order valence-electron chi connectivity index (χ2n) is 10.2. The Hall–Kier alpha value is -4.87. The molecule has 4 rings (SSSR count). The number of nitrogens with one attached hydrogen (secondary N) is 1.